The minimum absolute atomic E-state index is 0.0758. The molecule has 35 heavy (non-hydrogen) atoms. The number of nitrogens with zero attached hydrogens (tertiary/aromatic N) is 4. The van der Waals surface area contributed by atoms with Gasteiger partial charge in [0.05, 0.1) is 47.4 Å². The summed E-state index contributed by atoms with van der Waals surface area (Å²) in [6, 6.07) is 14.4. The Hall–Kier alpha value is -3.41. The van der Waals surface area contributed by atoms with Gasteiger partial charge in [-0.25, -0.2) is 14.6 Å². The number of aromatic nitrogens is 4. The predicted molar refractivity (Wildman–Crippen MR) is 130 cm³/mol. The van der Waals surface area contributed by atoms with Crippen LogP contribution in [-0.2, 0) is 17.1 Å². The van der Waals surface area contributed by atoms with Crippen molar-refractivity contribution in [2.45, 2.75) is 25.2 Å². The van der Waals surface area contributed by atoms with Gasteiger partial charge in [-0.15, -0.1) is 0 Å². The van der Waals surface area contributed by atoms with Crippen LogP contribution in [0.15, 0.2) is 54.7 Å². The SMILES string of the molecule is COCCOc1cc(-c2cccc([C@](N)(O)CCCO)n2)cc2c1cnn2-c1cccc(CO)n1. The molecule has 0 unspecified atom stereocenters. The van der Waals surface area contributed by atoms with E-state index in [0.29, 0.717) is 48.3 Å². The highest BCUT2D eigenvalue weighted by molar-refractivity contribution is 5.90. The molecule has 0 aliphatic carbocycles. The Labute approximate surface area is 202 Å². The summed E-state index contributed by atoms with van der Waals surface area (Å²) < 4.78 is 12.8. The Kier molecular flexibility index (Phi) is 7.69. The number of nitrogens with two attached hydrogens (primary N) is 1. The van der Waals surface area contributed by atoms with Crippen LogP contribution in [0.3, 0.4) is 0 Å². The van der Waals surface area contributed by atoms with Gasteiger partial charge in [-0.2, -0.15) is 5.10 Å². The van der Waals surface area contributed by atoms with Crippen LogP contribution in [0.25, 0.3) is 28.0 Å². The van der Waals surface area contributed by atoms with Crippen LogP contribution in [0.2, 0.25) is 0 Å². The summed E-state index contributed by atoms with van der Waals surface area (Å²) in [5.41, 5.74) is 7.28. The highest BCUT2D eigenvalue weighted by atomic mass is 16.5. The number of rotatable bonds is 11. The lowest BCUT2D eigenvalue weighted by Gasteiger charge is -2.22. The highest BCUT2D eigenvalue weighted by Gasteiger charge is 2.25. The number of ether oxygens (including phenoxy) is 2. The number of aliphatic hydroxyl groups excluding tert-OH is 2. The molecule has 3 aromatic heterocycles. The smallest absolute Gasteiger partial charge is 0.156 e. The molecular formula is C25H29N5O5. The fourth-order valence-corrected chi connectivity index (χ4v) is 3.77. The van der Waals surface area contributed by atoms with Crippen molar-refractivity contribution in [1.82, 2.24) is 19.7 Å². The summed E-state index contributed by atoms with van der Waals surface area (Å²) in [6.45, 7) is 0.501. The van der Waals surface area contributed by atoms with E-state index >= 15 is 0 Å². The summed E-state index contributed by atoms with van der Waals surface area (Å²) in [5.74, 6) is 1.14. The second-order valence-corrected chi connectivity index (χ2v) is 8.11. The molecular weight excluding hydrogens is 450 g/mol. The van der Waals surface area contributed by atoms with Crippen LogP contribution in [0.1, 0.15) is 24.2 Å². The van der Waals surface area contributed by atoms with Gasteiger partial charge in [0.15, 0.2) is 11.5 Å². The van der Waals surface area contributed by atoms with Gasteiger partial charge in [-0.05, 0) is 49.2 Å². The van der Waals surface area contributed by atoms with Gasteiger partial charge in [0.1, 0.15) is 12.4 Å². The van der Waals surface area contributed by atoms with Gasteiger partial charge in [0, 0.05) is 19.3 Å². The van der Waals surface area contributed by atoms with Gasteiger partial charge in [-0.1, -0.05) is 12.1 Å². The molecule has 1 aromatic carbocycles. The maximum atomic E-state index is 10.7. The quantitative estimate of drug-likeness (QED) is 0.187. The van der Waals surface area contributed by atoms with Crippen LogP contribution in [0, 0.1) is 0 Å². The lowest BCUT2D eigenvalue weighted by molar-refractivity contribution is 0.0233. The Balaban J connectivity index is 1.83. The molecule has 1 atom stereocenters. The molecule has 0 aliphatic heterocycles. The molecule has 4 aromatic rings. The van der Waals surface area contributed by atoms with Gasteiger partial charge < -0.3 is 24.8 Å². The number of hydrogen-bond acceptors (Lipinski definition) is 9. The van der Waals surface area contributed by atoms with Crippen LogP contribution >= 0.6 is 0 Å². The van der Waals surface area contributed by atoms with E-state index in [1.54, 1.807) is 48.3 Å². The minimum Gasteiger partial charge on any atom is -0.490 e. The van der Waals surface area contributed by atoms with Crippen LogP contribution in [0.4, 0.5) is 0 Å². The first-order chi connectivity index (χ1) is 17.0. The predicted octanol–water partition coefficient (Wildman–Crippen LogP) is 1.88. The zero-order valence-corrected chi connectivity index (χ0v) is 19.5. The summed E-state index contributed by atoms with van der Waals surface area (Å²) in [5, 5.41) is 34.6. The van der Waals surface area contributed by atoms with E-state index < -0.39 is 5.72 Å². The average molecular weight is 480 g/mol. The molecule has 10 heteroatoms. The van der Waals surface area contributed by atoms with E-state index in [9.17, 15) is 10.2 Å². The Morgan fingerprint density at radius 3 is 2.66 bits per heavy atom. The number of fused-ring (bicyclic) bond motifs is 1. The van der Waals surface area contributed by atoms with Crippen LogP contribution in [-0.4, -0.2) is 62.0 Å². The maximum absolute atomic E-state index is 10.7. The van der Waals surface area contributed by atoms with Crippen molar-refractivity contribution in [3.05, 3.63) is 66.1 Å². The van der Waals surface area contributed by atoms with E-state index in [1.165, 1.54) is 0 Å². The number of pyridine rings is 2. The first-order valence-corrected chi connectivity index (χ1v) is 11.3. The molecule has 5 N–H and O–H groups in total. The zero-order chi connectivity index (χ0) is 24.8. The number of methoxy groups -OCH3 is 1. The fraction of sp³-hybridized carbons (Fsp3) is 0.320. The second-order valence-electron chi connectivity index (χ2n) is 8.11. The van der Waals surface area contributed by atoms with E-state index in [2.05, 4.69) is 15.1 Å². The molecule has 0 fully saturated rings. The maximum Gasteiger partial charge on any atom is 0.156 e. The fourth-order valence-electron chi connectivity index (χ4n) is 3.77. The van der Waals surface area contributed by atoms with E-state index in [1.807, 2.05) is 18.2 Å². The average Bonchev–Trinajstić information content (AvgIpc) is 3.32. The van der Waals surface area contributed by atoms with Crippen LogP contribution in [0.5, 0.6) is 5.75 Å². The van der Waals surface area contributed by atoms with Crippen molar-refractivity contribution < 1.29 is 24.8 Å². The largest absolute Gasteiger partial charge is 0.490 e. The third-order valence-electron chi connectivity index (χ3n) is 5.57. The minimum atomic E-state index is -1.67. The molecule has 0 bridgehead atoms. The molecule has 0 spiro atoms. The first-order valence-electron chi connectivity index (χ1n) is 11.3. The molecule has 10 nitrogen and oxygen atoms in total. The summed E-state index contributed by atoms with van der Waals surface area (Å²) >= 11 is 0. The van der Waals surface area contributed by atoms with Gasteiger partial charge in [-0.3, -0.25) is 5.73 Å². The normalized spacial score (nSPS) is 13.2. The summed E-state index contributed by atoms with van der Waals surface area (Å²) in [4.78, 5) is 9.08. The monoisotopic (exact) mass is 479 g/mol. The van der Waals surface area contributed by atoms with Crippen molar-refractivity contribution in [2.75, 3.05) is 26.9 Å². The topological polar surface area (TPSA) is 149 Å². The number of benzene rings is 1. The molecule has 184 valence electrons. The molecule has 0 radical (unpaired) electrons. The van der Waals surface area contributed by atoms with Crippen molar-refractivity contribution in [2.24, 2.45) is 5.73 Å². The van der Waals surface area contributed by atoms with Crippen molar-refractivity contribution in [3.8, 4) is 22.8 Å². The molecule has 3 heterocycles. The molecule has 0 aliphatic rings. The van der Waals surface area contributed by atoms with Crippen LogP contribution < -0.4 is 10.5 Å². The summed E-state index contributed by atoms with van der Waals surface area (Å²) in [7, 11) is 1.60. The van der Waals surface area contributed by atoms with Gasteiger partial charge in [0.2, 0.25) is 0 Å². The molecule has 4 rings (SSSR count). The summed E-state index contributed by atoms with van der Waals surface area (Å²) in [6.07, 6.45) is 2.22. The Morgan fingerprint density at radius 1 is 1.06 bits per heavy atom. The van der Waals surface area contributed by atoms with E-state index in [0.717, 1.165) is 16.5 Å². The van der Waals surface area contributed by atoms with E-state index in [4.69, 9.17) is 20.3 Å². The van der Waals surface area contributed by atoms with Crippen molar-refractivity contribution in [1.29, 1.82) is 0 Å². The lowest BCUT2D eigenvalue weighted by atomic mass is 10.0. The first kappa shape index (κ1) is 24.7. The third kappa shape index (κ3) is 5.47. The van der Waals surface area contributed by atoms with Crippen molar-refractivity contribution >= 4 is 10.9 Å². The lowest BCUT2D eigenvalue weighted by Crippen LogP contribution is -2.37. The Morgan fingerprint density at radius 2 is 1.89 bits per heavy atom. The van der Waals surface area contributed by atoms with Gasteiger partial charge in [0.25, 0.3) is 0 Å². The second kappa shape index (κ2) is 10.9. The highest BCUT2D eigenvalue weighted by Crippen LogP contribution is 2.34. The van der Waals surface area contributed by atoms with E-state index in [-0.39, 0.29) is 19.6 Å². The zero-order valence-electron chi connectivity index (χ0n) is 19.5. The molecule has 0 saturated carbocycles. The molecule has 0 amide bonds. The standard InChI is InChI=1S/C25H29N5O5/c1-34-11-12-35-22-14-17(20-6-3-7-23(29-20)25(26,33)9-4-10-31)13-21-19(22)15-27-30(21)24-8-2-5-18(16-32)28-24/h2-3,5-8,13-15,31-33H,4,9-12,16,26H2,1H3/t25-/m1/s1. The third-order valence-corrected chi connectivity index (χ3v) is 5.57. The molecule has 0 saturated heterocycles. The van der Waals surface area contributed by atoms with Gasteiger partial charge >= 0.3 is 0 Å². The Bertz CT molecular complexity index is 1290. The number of hydrogen-bond donors (Lipinski definition) is 4. The number of aliphatic hydroxyl groups is 3. The van der Waals surface area contributed by atoms with Crippen molar-refractivity contribution in [3.63, 3.8) is 0 Å².